The first-order valence-corrected chi connectivity index (χ1v) is 10.0. The Morgan fingerprint density at radius 2 is 1.83 bits per heavy atom. The molecule has 3 amide bonds. The highest BCUT2D eigenvalue weighted by atomic mass is 32.1. The molecule has 0 aliphatic carbocycles. The van der Waals surface area contributed by atoms with E-state index in [1.807, 2.05) is 0 Å². The highest BCUT2D eigenvalue weighted by molar-refractivity contribution is 7.18. The van der Waals surface area contributed by atoms with Gasteiger partial charge in [0.25, 0.3) is 5.91 Å². The predicted octanol–water partition coefficient (Wildman–Crippen LogP) is 1.39. The fourth-order valence-electron chi connectivity index (χ4n) is 2.77. The predicted molar refractivity (Wildman–Crippen MR) is 105 cm³/mol. The van der Waals surface area contributed by atoms with Gasteiger partial charge in [-0.1, -0.05) is 0 Å². The molecule has 1 aliphatic heterocycles. The second kappa shape index (κ2) is 10.2. The molecule has 1 aromatic rings. The summed E-state index contributed by atoms with van der Waals surface area (Å²) in [6.45, 7) is 5.82. The quantitative estimate of drug-likeness (QED) is 0.658. The van der Waals surface area contributed by atoms with E-state index >= 15 is 0 Å². The van der Waals surface area contributed by atoms with Crippen molar-refractivity contribution in [2.45, 2.75) is 26.9 Å². The Bertz CT molecular complexity index is 793. The van der Waals surface area contributed by atoms with Crippen LogP contribution in [0.3, 0.4) is 0 Å². The summed E-state index contributed by atoms with van der Waals surface area (Å²) in [7, 11) is 1.49. The standard InChI is InChI=1S/C18H25N3O7S/c1-5-26-16(23)12-10(3)13(17(24)27-6-2)29-15(12)20-18(25)21-7-8-28-11(9-21)14(22)19-4/h11H,5-9H2,1-4H3,(H,19,22)(H,20,25)/t11-/m0/s1. The molecule has 0 saturated carbocycles. The van der Waals surface area contributed by atoms with E-state index in [9.17, 15) is 19.2 Å². The number of nitrogens with zero attached hydrogens (tertiary/aromatic N) is 1. The van der Waals surface area contributed by atoms with E-state index in [0.29, 0.717) is 5.56 Å². The van der Waals surface area contributed by atoms with Gasteiger partial charge in [0.2, 0.25) is 0 Å². The number of hydrogen-bond donors (Lipinski definition) is 2. The molecule has 0 aromatic carbocycles. The van der Waals surface area contributed by atoms with Crippen molar-refractivity contribution < 1.29 is 33.4 Å². The van der Waals surface area contributed by atoms with Crippen molar-refractivity contribution in [2.24, 2.45) is 0 Å². The zero-order chi connectivity index (χ0) is 21.6. The van der Waals surface area contributed by atoms with E-state index in [1.165, 1.54) is 11.9 Å². The van der Waals surface area contributed by atoms with Crippen LogP contribution < -0.4 is 10.6 Å². The molecule has 1 atom stereocenters. The van der Waals surface area contributed by atoms with E-state index in [2.05, 4.69) is 10.6 Å². The molecule has 0 spiro atoms. The summed E-state index contributed by atoms with van der Waals surface area (Å²) in [5, 5.41) is 5.34. The number of likely N-dealkylation sites (N-methyl/N-ethyl adjacent to an activating group) is 1. The molecular formula is C18H25N3O7S. The summed E-state index contributed by atoms with van der Waals surface area (Å²) in [4.78, 5) is 50.8. The summed E-state index contributed by atoms with van der Waals surface area (Å²) in [5.41, 5.74) is 0.497. The fraction of sp³-hybridized carbons (Fsp3) is 0.556. The first-order valence-electron chi connectivity index (χ1n) is 9.20. The van der Waals surface area contributed by atoms with Crippen LogP contribution in [0.15, 0.2) is 0 Å². The highest BCUT2D eigenvalue weighted by Gasteiger charge is 2.31. The summed E-state index contributed by atoms with van der Waals surface area (Å²) in [6.07, 6.45) is -0.774. The van der Waals surface area contributed by atoms with E-state index in [4.69, 9.17) is 14.2 Å². The maximum absolute atomic E-state index is 12.7. The highest BCUT2D eigenvalue weighted by Crippen LogP contribution is 2.34. The minimum absolute atomic E-state index is 0.0648. The maximum atomic E-state index is 12.7. The summed E-state index contributed by atoms with van der Waals surface area (Å²) >= 11 is 0.948. The molecule has 2 heterocycles. The fourth-order valence-corrected chi connectivity index (χ4v) is 3.85. The van der Waals surface area contributed by atoms with Crippen LogP contribution >= 0.6 is 11.3 Å². The number of ether oxygens (including phenoxy) is 3. The number of rotatable bonds is 6. The Morgan fingerprint density at radius 3 is 2.45 bits per heavy atom. The van der Waals surface area contributed by atoms with E-state index in [1.54, 1.807) is 20.8 Å². The number of carbonyl (C=O) groups excluding carboxylic acids is 4. The molecule has 0 unspecified atom stereocenters. The summed E-state index contributed by atoms with van der Waals surface area (Å²) in [6, 6.07) is -0.510. The second-order valence-corrected chi connectivity index (χ2v) is 7.07. The second-order valence-electron chi connectivity index (χ2n) is 6.05. The lowest BCUT2D eigenvalue weighted by Gasteiger charge is -2.31. The van der Waals surface area contributed by atoms with Crippen molar-refractivity contribution in [2.75, 3.05) is 45.3 Å². The zero-order valence-electron chi connectivity index (χ0n) is 16.8. The van der Waals surface area contributed by atoms with Crippen molar-refractivity contribution >= 4 is 40.2 Å². The summed E-state index contributed by atoms with van der Waals surface area (Å²) in [5.74, 6) is -1.55. The van der Waals surface area contributed by atoms with Crippen molar-refractivity contribution in [1.29, 1.82) is 0 Å². The van der Waals surface area contributed by atoms with Gasteiger partial charge in [0.05, 0.1) is 31.9 Å². The van der Waals surface area contributed by atoms with Crippen molar-refractivity contribution in [3.05, 3.63) is 16.0 Å². The first kappa shape index (κ1) is 22.6. The molecule has 11 heteroatoms. The van der Waals surface area contributed by atoms with Crippen molar-refractivity contribution in [3.8, 4) is 0 Å². The average molecular weight is 427 g/mol. The lowest BCUT2D eigenvalue weighted by molar-refractivity contribution is -0.136. The molecule has 1 saturated heterocycles. The van der Waals surface area contributed by atoms with Crippen LogP contribution in [0.5, 0.6) is 0 Å². The molecule has 0 bridgehead atoms. The van der Waals surface area contributed by atoms with Crippen LogP contribution in [0.4, 0.5) is 9.80 Å². The van der Waals surface area contributed by atoms with E-state index < -0.39 is 24.1 Å². The van der Waals surface area contributed by atoms with Gasteiger partial charge < -0.3 is 24.4 Å². The van der Waals surface area contributed by atoms with Crippen LogP contribution in [-0.2, 0) is 19.0 Å². The minimum Gasteiger partial charge on any atom is -0.462 e. The van der Waals surface area contributed by atoms with Crippen LogP contribution in [0.25, 0.3) is 0 Å². The SMILES string of the molecule is CCOC(=O)c1sc(NC(=O)N2CCO[C@H](C(=O)NC)C2)c(C(=O)OCC)c1C. The Morgan fingerprint density at radius 1 is 1.17 bits per heavy atom. The first-order chi connectivity index (χ1) is 13.8. The monoisotopic (exact) mass is 427 g/mol. The van der Waals surface area contributed by atoms with Gasteiger partial charge >= 0.3 is 18.0 Å². The Labute approximate surface area is 172 Å². The number of nitrogens with one attached hydrogen (secondary N) is 2. The van der Waals surface area contributed by atoms with Crippen molar-refractivity contribution in [1.82, 2.24) is 10.2 Å². The molecule has 1 aliphatic rings. The number of amides is 3. The van der Waals surface area contributed by atoms with Gasteiger partial charge in [-0.3, -0.25) is 10.1 Å². The van der Waals surface area contributed by atoms with Crippen LogP contribution in [0.1, 0.15) is 39.4 Å². The molecule has 160 valence electrons. The molecule has 1 aromatic heterocycles. The van der Waals surface area contributed by atoms with Gasteiger partial charge in [-0.05, 0) is 26.3 Å². The molecule has 2 rings (SSSR count). The zero-order valence-corrected chi connectivity index (χ0v) is 17.6. The molecular weight excluding hydrogens is 402 g/mol. The third-order valence-corrected chi connectivity index (χ3v) is 5.39. The van der Waals surface area contributed by atoms with Crippen molar-refractivity contribution in [3.63, 3.8) is 0 Å². The number of esters is 2. The number of thiophene rings is 1. The number of anilines is 1. The van der Waals surface area contributed by atoms with Gasteiger partial charge in [-0.15, -0.1) is 11.3 Å². The van der Waals surface area contributed by atoms with Gasteiger partial charge in [-0.25, -0.2) is 14.4 Å². The molecule has 10 nitrogen and oxygen atoms in total. The third kappa shape index (κ3) is 5.24. The van der Waals surface area contributed by atoms with Crippen LogP contribution in [0.2, 0.25) is 0 Å². The molecule has 0 radical (unpaired) electrons. The number of morpholine rings is 1. The van der Waals surface area contributed by atoms with Gasteiger partial charge in [0.15, 0.2) is 6.10 Å². The summed E-state index contributed by atoms with van der Waals surface area (Å²) < 4.78 is 15.5. The normalized spacial score (nSPS) is 16.1. The molecule has 2 N–H and O–H groups in total. The lowest BCUT2D eigenvalue weighted by Crippen LogP contribution is -2.52. The van der Waals surface area contributed by atoms with E-state index in [-0.39, 0.29) is 54.3 Å². The maximum Gasteiger partial charge on any atom is 0.348 e. The van der Waals surface area contributed by atoms with E-state index in [0.717, 1.165) is 11.3 Å². The van der Waals surface area contributed by atoms with Gasteiger partial charge in [0, 0.05) is 13.6 Å². The average Bonchev–Trinajstić information content (AvgIpc) is 3.03. The van der Waals surface area contributed by atoms with Gasteiger partial charge in [-0.2, -0.15) is 0 Å². The Balaban J connectivity index is 2.26. The number of hydrogen-bond acceptors (Lipinski definition) is 8. The Hall–Kier alpha value is -2.66. The number of carbonyl (C=O) groups is 4. The van der Waals surface area contributed by atoms with Gasteiger partial charge in [0.1, 0.15) is 9.88 Å². The Kier molecular flexibility index (Phi) is 7.97. The van der Waals surface area contributed by atoms with Crippen LogP contribution in [-0.4, -0.2) is 74.8 Å². The lowest BCUT2D eigenvalue weighted by atomic mass is 10.1. The number of urea groups is 1. The molecule has 1 fully saturated rings. The molecule has 29 heavy (non-hydrogen) atoms. The largest absolute Gasteiger partial charge is 0.462 e. The van der Waals surface area contributed by atoms with Crippen LogP contribution in [0, 0.1) is 6.92 Å². The third-order valence-electron chi connectivity index (χ3n) is 4.20. The minimum atomic E-state index is -0.774. The topological polar surface area (TPSA) is 123 Å². The smallest absolute Gasteiger partial charge is 0.348 e.